The molecule has 2 aromatic heterocycles. The maximum atomic E-state index is 6.90. The van der Waals surface area contributed by atoms with Gasteiger partial charge in [0.25, 0.3) is 0 Å². The monoisotopic (exact) mass is 846 g/mol. The fraction of sp³-hybridized carbons (Fsp3) is 0.350. The maximum Gasteiger partial charge on any atom is 0.163 e. The van der Waals surface area contributed by atoms with E-state index in [1.54, 1.807) is 0 Å². The fourth-order valence-corrected chi connectivity index (χ4v) is 16.4. The summed E-state index contributed by atoms with van der Waals surface area (Å²) < 4.78 is 6.90. The van der Waals surface area contributed by atoms with Gasteiger partial charge in [-0.1, -0.05) is 103 Å². The standard InChI is InChI=1S/C60H54N4O/c1-2-11-43(12-3-1)60(50-17-10-14-47-46-13-4-9-20-53(46)65-54(47)50)48-15-5-7-18-51(48)64(52-19-8-6-16-49(52)60)45-23-21-42(22-24-45)55-61-56(58-33-38-28-39(34-58)30-40(29-38)35-58)63-57(62-55)59-26-25-37-27-41(36-59)32-44(59)31-37/h1-24,37-41,44H,25-36H2. The van der Waals surface area contributed by atoms with Crippen molar-refractivity contribution in [2.45, 2.75) is 93.3 Å². The van der Waals surface area contributed by atoms with Gasteiger partial charge in [0.2, 0.25) is 0 Å². The molecule has 5 heteroatoms. The Morgan fingerprint density at radius 1 is 0.492 bits per heavy atom. The van der Waals surface area contributed by atoms with E-state index in [0.717, 1.165) is 103 Å². The molecular weight excluding hydrogens is 793 g/mol. The van der Waals surface area contributed by atoms with E-state index in [0.29, 0.717) is 0 Å². The van der Waals surface area contributed by atoms with Crippen LogP contribution in [-0.2, 0) is 16.2 Å². The van der Waals surface area contributed by atoms with Crippen LogP contribution in [0.15, 0.2) is 150 Å². The molecule has 0 radical (unpaired) electrons. The van der Waals surface area contributed by atoms with Gasteiger partial charge in [0, 0.05) is 38.4 Å². The number of para-hydroxylation sites is 4. The molecule has 8 aliphatic rings. The van der Waals surface area contributed by atoms with Crippen LogP contribution < -0.4 is 4.90 Å². The first kappa shape index (κ1) is 37.2. The molecule has 1 aliphatic heterocycles. The Morgan fingerprint density at radius 3 is 1.85 bits per heavy atom. The van der Waals surface area contributed by atoms with Gasteiger partial charge in [0.1, 0.15) is 22.8 Å². The molecule has 7 aliphatic carbocycles. The van der Waals surface area contributed by atoms with Crippen LogP contribution >= 0.6 is 0 Å². The highest BCUT2D eigenvalue weighted by molar-refractivity contribution is 6.07. The van der Waals surface area contributed by atoms with Gasteiger partial charge < -0.3 is 9.32 Å². The fourth-order valence-electron chi connectivity index (χ4n) is 16.4. The zero-order chi connectivity index (χ0) is 42.5. The molecule has 7 saturated carbocycles. The van der Waals surface area contributed by atoms with Crippen molar-refractivity contribution in [1.82, 2.24) is 15.0 Å². The van der Waals surface area contributed by atoms with E-state index in [9.17, 15) is 0 Å². The molecule has 7 bridgehead atoms. The predicted octanol–water partition coefficient (Wildman–Crippen LogP) is 14.5. The zero-order valence-corrected chi connectivity index (χ0v) is 37.0. The molecule has 4 atom stereocenters. The van der Waals surface area contributed by atoms with Gasteiger partial charge in [0.05, 0.1) is 16.8 Å². The minimum absolute atomic E-state index is 0.113. The average molecular weight is 847 g/mol. The van der Waals surface area contributed by atoms with Crippen molar-refractivity contribution in [3.63, 3.8) is 0 Å². The van der Waals surface area contributed by atoms with E-state index < -0.39 is 5.41 Å². The van der Waals surface area contributed by atoms with Crippen LogP contribution in [0, 0.1) is 35.5 Å². The molecular formula is C60H54N4O. The number of fused-ring (bicyclic) bond motifs is 7. The highest BCUT2D eigenvalue weighted by atomic mass is 16.3. The SMILES string of the molecule is c1ccc(C2(c3cccc4c3oc3ccccc34)c3ccccc3N(c3ccc(-c4nc(C56CC7CC(CC(C7)C5)C6)nc(C56CCC7CC(CC5C7)C6)n4)cc3)c3ccccc32)cc1. The first-order valence-electron chi connectivity index (χ1n) is 24.9. The summed E-state index contributed by atoms with van der Waals surface area (Å²) in [6.07, 6.45) is 16.1. The summed E-state index contributed by atoms with van der Waals surface area (Å²) in [5.41, 5.74) is 10.7. The molecule has 8 aromatic rings. The molecule has 3 heterocycles. The minimum Gasteiger partial charge on any atom is -0.456 e. The van der Waals surface area contributed by atoms with E-state index in [-0.39, 0.29) is 10.8 Å². The molecule has 0 spiro atoms. The van der Waals surface area contributed by atoms with Crippen LogP contribution in [0.4, 0.5) is 17.1 Å². The van der Waals surface area contributed by atoms with E-state index in [1.807, 2.05) is 0 Å². The van der Waals surface area contributed by atoms with Gasteiger partial charge in [-0.3, -0.25) is 0 Å². The number of hydrogen-bond donors (Lipinski definition) is 0. The molecule has 0 amide bonds. The van der Waals surface area contributed by atoms with Crippen molar-refractivity contribution >= 4 is 39.0 Å². The lowest BCUT2D eigenvalue weighted by Gasteiger charge is -2.56. The molecule has 0 N–H and O–H groups in total. The smallest absolute Gasteiger partial charge is 0.163 e. The highest BCUT2D eigenvalue weighted by Crippen LogP contribution is 2.64. The predicted molar refractivity (Wildman–Crippen MR) is 259 cm³/mol. The third kappa shape index (κ3) is 5.19. The van der Waals surface area contributed by atoms with Gasteiger partial charge in [0.15, 0.2) is 5.82 Å². The lowest BCUT2D eigenvalue weighted by atomic mass is 9.49. The molecule has 7 fully saturated rings. The van der Waals surface area contributed by atoms with E-state index in [2.05, 4.69) is 150 Å². The molecule has 6 aromatic carbocycles. The van der Waals surface area contributed by atoms with Crippen molar-refractivity contribution in [3.05, 3.63) is 179 Å². The summed E-state index contributed by atoms with van der Waals surface area (Å²) >= 11 is 0. The van der Waals surface area contributed by atoms with Gasteiger partial charge >= 0.3 is 0 Å². The van der Waals surface area contributed by atoms with Crippen LogP contribution in [-0.4, -0.2) is 15.0 Å². The Morgan fingerprint density at radius 2 is 1.09 bits per heavy atom. The van der Waals surface area contributed by atoms with Crippen LogP contribution in [0.1, 0.15) is 111 Å². The number of aromatic nitrogens is 3. The maximum absolute atomic E-state index is 6.90. The summed E-state index contributed by atoms with van der Waals surface area (Å²) in [5.74, 6) is 8.19. The quantitative estimate of drug-likeness (QED) is 0.167. The molecule has 65 heavy (non-hydrogen) atoms. The molecule has 5 nitrogen and oxygen atoms in total. The van der Waals surface area contributed by atoms with Crippen molar-refractivity contribution in [2.75, 3.05) is 4.90 Å². The van der Waals surface area contributed by atoms with Crippen molar-refractivity contribution in [3.8, 4) is 11.4 Å². The molecule has 320 valence electrons. The second-order valence-electron chi connectivity index (χ2n) is 21.9. The Labute approximate surface area is 381 Å². The summed E-state index contributed by atoms with van der Waals surface area (Å²) in [7, 11) is 0. The van der Waals surface area contributed by atoms with Crippen LogP contribution in [0.3, 0.4) is 0 Å². The van der Waals surface area contributed by atoms with Crippen molar-refractivity contribution in [2.24, 2.45) is 35.5 Å². The van der Waals surface area contributed by atoms with E-state index >= 15 is 0 Å². The Balaban J connectivity index is 0.891. The Bertz CT molecular complexity index is 3120. The number of furan rings is 1. The lowest BCUT2D eigenvalue weighted by Crippen LogP contribution is -2.50. The largest absolute Gasteiger partial charge is 0.456 e. The summed E-state index contributed by atoms with van der Waals surface area (Å²) in [6, 6.07) is 53.5. The number of nitrogens with zero attached hydrogens (tertiary/aromatic N) is 4. The van der Waals surface area contributed by atoms with Gasteiger partial charge in [-0.15, -0.1) is 0 Å². The van der Waals surface area contributed by atoms with Gasteiger partial charge in [-0.2, -0.15) is 0 Å². The number of anilines is 3. The van der Waals surface area contributed by atoms with Gasteiger partial charge in [-0.25, -0.2) is 15.0 Å². The minimum atomic E-state index is -0.662. The third-order valence-electron chi connectivity index (χ3n) is 18.4. The molecule has 4 unspecified atom stereocenters. The number of hydrogen-bond acceptors (Lipinski definition) is 5. The normalized spacial score (nSPS) is 29.9. The first-order chi connectivity index (χ1) is 32.0. The number of benzene rings is 6. The number of rotatable bonds is 6. The van der Waals surface area contributed by atoms with E-state index in [1.165, 1.54) is 93.7 Å². The highest BCUT2D eigenvalue weighted by Gasteiger charge is 2.58. The van der Waals surface area contributed by atoms with Crippen LogP contribution in [0.5, 0.6) is 0 Å². The Hall–Kier alpha value is -6.07. The molecule has 0 saturated heterocycles. The first-order valence-corrected chi connectivity index (χ1v) is 24.9. The average Bonchev–Trinajstić information content (AvgIpc) is 3.81. The third-order valence-corrected chi connectivity index (χ3v) is 18.4. The Kier molecular flexibility index (Phi) is 7.72. The lowest BCUT2D eigenvalue weighted by molar-refractivity contribution is -0.00982. The summed E-state index contributed by atoms with van der Waals surface area (Å²) in [6.45, 7) is 0. The topological polar surface area (TPSA) is 55.1 Å². The van der Waals surface area contributed by atoms with Crippen LogP contribution in [0.25, 0.3) is 33.3 Å². The van der Waals surface area contributed by atoms with E-state index in [4.69, 9.17) is 19.4 Å². The van der Waals surface area contributed by atoms with Crippen LogP contribution in [0.2, 0.25) is 0 Å². The van der Waals surface area contributed by atoms with Crippen molar-refractivity contribution < 1.29 is 4.42 Å². The van der Waals surface area contributed by atoms with Gasteiger partial charge in [-0.05, 0) is 172 Å². The zero-order valence-electron chi connectivity index (χ0n) is 37.0. The molecule has 16 rings (SSSR count). The summed E-state index contributed by atoms with van der Waals surface area (Å²) in [4.78, 5) is 19.5. The second kappa shape index (κ2) is 13.5. The summed E-state index contributed by atoms with van der Waals surface area (Å²) in [5, 5.41) is 2.28. The van der Waals surface area contributed by atoms with Crippen molar-refractivity contribution in [1.29, 1.82) is 0 Å². The second-order valence-corrected chi connectivity index (χ2v) is 21.9.